The molecule has 146 valence electrons. The van der Waals surface area contributed by atoms with Crippen LogP contribution in [0.2, 0.25) is 0 Å². The van der Waals surface area contributed by atoms with Crippen LogP contribution in [0.1, 0.15) is 78.6 Å². The van der Waals surface area contributed by atoms with Crippen LogP contribution in [-0.4, -0.2) is 24.4 Å². The van der Waals surface area contributed by atoms with Crippen LogP contribution < -0.4 is 10.6 Å². The molecule has 4 aliphatic carbocycles. The molecule has 0 radical (unpaired) electrons. The minimum Gasteiger partial charge on any atom is -0.338 e. The summed E-state index contributed by atoms with van der Waals surface area (Å²) in [4.78, 5) is 24.4. The lowest BCUT2D eigenvalue weighted by atomic mass is 9.45. The highest BCUT2D eigenvalue weighted by Crippen LogP contribution is 2.65. The number of Topliss-reactive ketones (excluding diaryl/α,β-unsaturated/α-hetero) is 1. The van der Waals surface area contributed by atoms with E-state index in [2.05, 4.69) is 24.5 Å². The standard InChI is InChI=1S/C22H36N2O2/c1-4-23-20(26)24-15-9-11-21(2)14(13-15)5-6-16-17-7-8-19(25)22(17,3)12-10-18(16)21/h14-18H,4-13H2,1-3H3,(H2,23,24,26)/t14?,15?,16-,17-,18-,21-,22-/m0/s1. The smallest absolute Gasteiger partial charge is 0.314 e. The molecule has 4 aliphatic rings. The zero-order chi connectivity index (χ0) is 18.5. The minimum atomic E-state index is -0.0125. The molecule has 4 fully saturated rings. The van der Waals surface area contributed by atoms with Crippen molar-refractivity contribution in [1.82, 2.24) is 10.6 Å². The van der Waals surface area contributed by atoms with Gasteiger partial charge in [0.1, 0.15) is 5.78 Å². The molecule has 0 saturated heterocycles. The van der Waals surface area contributed by atoms with Gasteiger partial charge in [-0.2, -0.15) is 0 Å². The number of carbonyl (C=O) groups is 2. The summed E-state index contributed by atoms with van der Waals surface area (Å²) in [6.45, 7) is 7.45. The molecule has 0 aliphatic heterocycles. The minimum absolute atomic E-state index is 0.00677. The van der Waals surface area contributed by atoms with Crippen molar-refractivity contribution in [3.05, 3.63) is 0 Å². The Morgan fingerprint density at radius 1 is 1.08 bits per heavy atom. The van der Waals surface area contributed by atoms with Crippen LogP contribution in [0.4, 0.5) is 4.79 Å². The van der Waals surface area contributed by atoms with Crippen molar-refractivity contribution in [1.29, 1.82) is 0 Å². The molecule has 2 N–H and O–H groups in total. The summed E-state index contributed by atoms with van der Waals surface area (Å²) in [6.07, 6.45) is 10.4. The normalized spacial score (nSPS) is 47.5. The second-order valence-electron chi connectivity index (χ2n) is 10.1. The molecule has 0 aromatic carbocycles. The molecule has 4 rings (SSSR count). The average Bonchev–Trinajstić information content (AvgIpc) is 2.91. The van der Waals surface area contributed by atoms with Gasteiger partial charge in [-0.05, 0) is 87.4 Å². The van der Waals surface area contributed by atoms with Gasteiger partial charge in [0.25, 0.3) is 0 Å². The fourth-order valence-corrected chi connectivity index (χ4v) is 7.56. The van der Waals surface area contributed by atoms with E-state index >= 15 is 0 Å². The summed E-state index contributed by atoms with van der Waals surface area (Å²) in [5.41, 5.74) is 0.399. The summed E-state index contributed by atoms with van der Waals surface area (Å²) in [6, 6.07) is 0.325. The van der Waals surface area contributed by atoms with Crippen LogP contribution in [0.3, 0.4) is 0 Å². The third-order valence-electron chi connectivity index (χ3n) is 9.05. The van der Waals surface area contributed by atoms with E-state index < -0.39 is 0 Å². The highest BCUT2D eigenvalue weighted by molar-refractivity contribution is 5.87. The number of fused-ring (bicyclic) bond motifs is 5. The van der Waals surface area contributed by atoms with E-state index in [0.29, 0.717) is 29.7 Å². The van der Waals surface area contributed by atoms with Crippen molar-refractivity contribution in [3.63, 3.8) is 0 Å². The fraction of sp³-hybridized carbons (Fsp3) is 0.909. The van der Waals surface area contributed by atoms with Crippen molar-refractivity contribution in [2.24, 2.45) is 34.5 Å². The first-order chi connectivity index (χ1) is 12.4. The topological polar surface area (TPSA) is 58.2 Å². The molecule has 4 nitrogen and oxygen atoms in total. The Kier molecular flexibility index (Phi) is 4.60. The Balaban J connectivity index is 1.47. The Morgan fingerprint density at radius 2 is 1.88 bits per heavy atom. The lowest BCUT2D eigenvalue weighted by Crippen LogP contribution is -2.56. The number of amides is 2. The van der Waals surface area contributed by atoms with Crippen LogP contribution in [0, 0.1) is 34.5 Å². The quantitative estimate of drug-likeness (QED) is 0.772. The third kappa shape index (κ3) is 2.70. The number of urea groups is 1. The van der Waals surface area contributed by atoms with Crippen molar-refractivity contribution < 1.29 is 9.59 Å². The second kappa shape index (κ2) is 6.53. The molecule has 2 amide bonds. The molecule has 0 bridgehead atoms. The fourth-order valence-electron chi connectivity index (χ4n) is 7.56. The first-order valence-electron chi connectivity index (χ1n) is 11.0. The molecule has 7 atom stereocenters. The molecule has 0 spiro atoms. The second-order valence-corrected chi connectivity index (χ2v) is 10.1. The van der Waals surface area contributed by atoms with E-state index in [4.69, 9.17) is 0 Å². The van der Waals surface area contributed by atoms with Gasteiger partial charge >= 0.3 is 6.03 Å². The maximum absolute atomic E-state index is 12.5. The highest BCUT2D eigenvalue weighted by Gasteiger charge is 2.60. The van der Waals surface area contributed by atoms with Crippen molar-refractivity contribution >= 4 is 11.8 Å². The van der Waals surface area contributed by atoms with Gasteiger partial charge in [0.05, 0.1) is 0 Å². The van der Waals surface area contributed by atoms with Crippen LogP contribution in [0.15, 0.2) is 0 Å². The monoisotopic (exact) mass is 360 g/mol. The average molecular weight is 361 g/mol. The van der Waals surface area contributed by atoms with Crippen molar-refractivity contribution in [2.75, 3.05) is 6.54 Å². The predicted octanol–water partition coefficient (Wildman–Crippen LogP) is 4.29. The lowest BCUT2D eigenvalue weighted by Gasteiger charge is -2.60. The Labute approximate surface area is 158 Å². The Bertz CT molecular complexity index is 591. The summed E-state index contributed by atoms with van der Waals surface area (Å²) < 4.78 is 0. The Hall–Kier alpha value is -1.06. The summed E-state index contributed by atoms with van der Waals surface area (Å²) >= 11 is 0. The molecular formula is C22H36N2O2. The van der Waals surface area contributed by atoms with E-state index in [-0.39, 0.29) is 11.4 Å². The van der Waals surface area contributed by atoms with Gasteiger partial charge < -0.3 is 10.6 Å². The molecular weight excluding hydrogens is 324 g/mol. The number of hydrogen-bond donors (Lipinski definition) is 2. The SMILES string of the molecule is CCNC(=O)NC1CC[C@@]2(C)C(CC[C@@H]3[C@@H]2CC[C@]2(C)C(=O)CC[C@@H]32)C1. The van der Waals surface area contributed by atoms with Crippen LogP contribution in [0.25, 0.3) is 0 Å². The van der Waals surface area contributed by atoms with Crippen LogP contribution in [-0.2, 0) is 4.79 Å². The van der Waals surface area contributed by atoms with Gasteiger partial charge in [0.2, 0.25) is 0 Å². The Morgan fingerprint density at radius 3 is 2.65 bits per heavy atom. The summed E-state index contributed by atoms with van der Waals surface area (Å²) in [5.74, 6) is 3.46. The molecule has 0 aromatic rings. The van der Waals surface area contributed by atoms with Gasteiger partial charge in [-0.3, -0.25) is 4.79 Å². The van der Waals surface area contributed by atoms with E-state index in [1.807, 2.05) is 6.92 Å². The van der Waals surface area contributed by atoms with Crippen LogP contribution in [0.5, 0.6) is 0 Å². The van der Waals surface area contributed by atoms with Gasteiger partial charge in [-0.1, -0.05) is 13.8 Å². The maximum Gasteiger partial charge on any atom is 0.314 e. The molecule has 4 saturated carbocycles. The number of rotatable bonds is 2. The largest absolute Gasteiger partial charge is 0.338 e. The lowest BCUT2D eigenvalue weighted by molar-refractivity contribution is -0.139. The van der Waals surface area contributed by atoms with E-state index in [0.717, 1.165) is 49.9 Å². The van der Waals surface area contributed by atoms with Crippen LogP contribution >= 0.6 is 0 Å². The summed E-state index contributed by atoms with van der Waals surface area (Å²) in [7, 11) is 0. The molecule has 4 heteroatoms. The van der Waals surface area contributed by atoms with E-state index in [1.54, 1.807) is 0 Å². The van der Waals surface area contributed by atoms with Crippen molar-refractivity contribution in [3.8, 4) is 0 Å². The number of nitrogens with one attached hydrogen (secondary N) is 2. The highest BCUT2D eigenvalue weighted by atomic mass is 16.2. The van der Waals surface area contributed by atoms with Gasteiger partial charge in [0, 0.05) is 24.4 Å². The summed E-state index contributed by atoms with van der Waals surface area (Å²) in [5, 5.41) is 6.07. The van der Waals surface area contributed by atoms with E-state index in [1.165, 1.54) is 25.7 Å². The molecule has 0 heterocycles. The van der Waals surface area contributed by atoms with Gasteiger partial charge in [-0.25, -0.2) is 4.79 Å². The number of hydrogen-bond acceptors (Lipinski definition) is 2. The zero-order valence-electron chi connectivity index (χ0n) is 16.8. The maximum atomic E-state index is 12.5. The molecule has 2 unspecified atom stereocenters. The van der Waals surface area contributed by atoms with Crippen molar-refractivity contribution in [2.45, 2.75) is 84.6 Å². The first-order valence-corrected chi connectivity index (χ1v) is 11.0. The predicted molar refractivity (Wildman–Crippen MR) is 103 cm³/mol. The first kappa shape index (κ1) is 18.3. The molecule has 0 aromatic heterocycles. The number of ketones is 1. The number of carbonyl (C=O) groups excluding carboxylic acids is 2. The van der Waals surface area contributed by atoms with Gasteiger partial charge in [-0.15, -0.1) is 0 Å². The molecule has 26 heavy (non-hydrogen) atoms. The van der Waals surface area contributed by atoms with Gasteiger partial charge in [0.15, 0.2) is 0 Å². The zero-order valence-corrected chi connectivity index (χ0v) is 16.8. The third-order valence-corrected chi connectivity index (χ3v) is 9.05. The van der Waals surface area contributed by atoms with E-state index in [9.17, 15) is 9.59 Å².